The SMILES string of the molecule is C[C@@H]1CCCN(S(=O)(=O)c2ccc(N3CCOCC3)[nH+]c2)C1. The Hall–Kier alpha value is -1.18. The molecule has 2 aliphatic rings. The summed E-state index contributed by atoms with van der Waals surface area (Å²) >= 11 is 0. The minimum atomic E-state index is -3.38. The van der Waals surface area contributed by atoms with Gasteiger partial charge in [-0.05, 0) is 24.8 Å². The van der Waals surface area contributed by atoms with Gasteiger partial charge in [-0.2, -0.15) is 4.31 Å². The standard InChI is InChI=1S/C15H23N3O3S/c1-13-3-2-6-18(12-13)22(19,20)14-4-5-15(16-11-14)17-7-9-21-10-8-17/h4-5,11,13H,2-3,6-10,12H2,1H3/p+1/t13-/m1/s1. The van der Waals surface area contributed by atoms with Crippen LogP contribution in [0.1, 0.15) is 19.8 Å². The Kier molecular flexibility index (Phi) is 4.65. The van der Waals surface area contributed by atoms with Crippen molar-refractivity contribution in [1.29, 1.82) is 0 Å². The molecule has 1 aromatic rings. The predicted molar refractivity (Wildman–Crippen MR) is 83.2 cm³/mol. The molecule has 0 saturated carbocycles. The molecule has 7 heteroatoms. The van der Waals surface area contributed by atoms with Gasteiger partial charge in [-0.15, -0.1) is 0 Å². The van der Waals surface area contributed by atoms with Gasteiger partial charge in [0.25, 0.3) is 5.82 Å². The lowest BCUT2D eigenvalue weighted by Crippen LogP contribution is -2.41. The van der Waals surface area contributed by atoms with Crippen LogP contribution < -0.4 is 9.88 Å². The summed E-state index contributed by atoms with van der Waals surface area (Å²) in [4.78, 5) is 5.64. The van der Waals surface area contributed by atoms with E-state index in [9.17, 15) is 8.42 Å². The number of pyridine rings is 1. The van der Waals surface area contributed by atoms with Gasteiger partial charge in [0.15, 0.2) is 0 Å². The van der Waals surface area contributed by atoms with Gasteiger partial charge in [0.1, 0.15) is 24.2 Å². The first-order chi connectivity index (χ1) is 10.6. The number of anilines is 1. The fourth-order valence-electron chi connectivity index (χ4n) is 3.08. The van der Waals surface area contributed by atoms with Crippen molar-refractivity contribution in [3.8, 4) is 0 Å². The van der Waals surface area contributed by atoms with E-state index in [1.165, 1.54) is 0 Å². The molecule has 122 valence electrons. The number of aromatic nitrogens is 1. The maximum absolute atomic E-state index is 12.7. The maximum Gasteiger partial charge on any atom is 0.274 e. The molecule has 0 amide bonds. The maximum atomic E-state index is 12.7. The van der Waals surface area contributed by atoms with E-state index in [-0.39, 0.29) is 0 Å². The molecule has 1 atom stereocenters. The Morgan fingerprint density at radius 1 is 1.23 bits per heavy atom. The van der Waals surface area contributed by atoms with Crippen molar-refractivity contribution in [3.63, 3.8) is 0 Å². The van der Waals surface area contributed by atoms with Crippen LogP contribution >= 0.6 is 0 Å². The summed E-state index contributed by atoms with van der Waals surface area (Å²) < 4.78 is 32.3. The summed E-state index contributed by atoms with van der Waals surface area (Å²) in [7, 11) is -3.38. The summed E-state index contributed by atoms with van der Waals surface area (Å²) in [5, 5.41) is 0. The zero-order valence-electron chi connectivity index (χ0n) is 13.0. The van der Waals surface area contributed by atoms with Gasteiger partial charge in [-0.3, -0.25) is 4.90 Å². The molecule has 2 aliphatic heterocycles. The van der Waals surface area contributed by atoms with E-state index >= 15 is 0 Å². The second kappa shape index (κ2) is 6.52. The van der Waals surface area contributed by atoms with Gasteiger partial charge in [0.2, 0.25) is 10.0 Å². The quantitative estimate of drug-likeness (QED) is 0.822. The number of nitrogens with zero attached hydrogens (tertiary/aromatic N) is 2. The van der Waals surface area contributed by atoms with E-state index in [4.69, 9.17) is 4.74 Å². The van der Waals surface area contributed by atoms with Gasteiger partial charge in [-0.1, -0.05) is 6.92 Å². The Morgan fingerprint density at radius 3 is 2.64 bits per heavy atom. The zero-order chi connectivity index (χ0) is 15.6. The molecule has 1 aromatic heterocycles. The number of sulfonamides is 1. The normalized spacial score (nSPS) is 24.4. The molecule has 0 unspecified atom stereocenters. The van der Waals surface area contributed by atoms with E-state index in [0.717, 1.165) is 31.7 Å². The van der Waals surface area contributed by atoms with Crippen LogP contribution in [0.3, 0.4) is 0 Å². The lowest BCUT2D eigenvalue weighted by atomic mass is 10.0. The summed E-state index contributed by atoms with van der Waals surface area (Å²) in [5.41, 5.74) is 0. The molecule has 0 radical (unpaired) electrons. The first kappa shape index (κ1) is 15.7. The van der Waals surface area contributed by atoms with Crippen LogP contribution in [-0.2, 0) is 14.8 Å². The summed E-state index contributed by atoms with van der Waals surface area (Å²) in [6.45, 7) is 6.42. The van der Waals surface area contributed by atoms with Crippen molar-refractivity contribution in [3.05, 3.63) is 18.3 Å². The molecule has 22 heavy (non-hydrogen) atoms. The number of morpholine rings is 1. The summed E-state index contributed by atoms with van der Waals surface area (Å²) in [5.74, 6) is 1.37. The van der Waals surface area contributed by atoms with Gasteiger partial charge in [0, 0.05) is 19.2 Å². The number of nitrogens with one attached hydrogen (secondary N) is 1. The van der Waals surface area contributed by atoms with Gasteiger partial charge >= 0.3 is 0 Å². The Morgan fingerprint density at radius 2 is 2.00 bits per heavy atom. The van der Waals surface area contributed by atoms with E-state index in [2.05, 4.69) is 16.8 Å². The minimum absolute atomic E-state index is 0.346. The molecule has 3 rings (SSSR count). The largest absolute Gasteiger partial charge is 0.373 e. The summed E-state index contributed by atoms with van der Waals surface area (Å²) in [6, 6.07) is 3.56. The highest BCUT2D eigenvalue weighted by Crippen LogP contribution is 2.23. The minimum Gasteiger partial charge on any atom is -0.373 e. The third-order valence-corrected chi connectivity index (χ3v) is 6.24. The van der Waals surface area contributed by atoms with Crippen molar-refractivity contribution in [2.24, 2.45) is 5.92 Å². The van der Waals surface area contributed by atoms with Gasteiger partial charge in [0.05, 0.1) is 13.2 Å². The predicted octanol–water partition coefficient (Wildman–Crippen LogP) is 0.758. The van der Waals surface area contributed by atoms with Crippen molar-refractivity contribution < 1.29 is 18.1 Å². The molecular weight excluding hydrogens is 302 g/mol. The smallest absolute Gasteiger partial charge is 0.274 e. The van der Waals surface area contributed by atoms with Crippen LogP contribution in [-0.4, -0.2) is 52.1 Å². The number of H-pyrrole nitrogens is 1. The third-order valence-electron chi connectivity index (χ3n) is 4.38. The molecule has 2 fully saturated rings. The average Bonchev–Trinajstić information content (AvgIpc) is 2.56. The zero-order valence-corrected chi connectivity index (χ0v) is 13.8. The molecule has 0 aromatic carbocycles. The molecule has 6 nitrogen and oxygen atoms in total. The second-order valence-corrected chi connectivity index (χ2v) is 8.06. The summed E-state index contributed by atoms with van der Waals surface area (Å²) in [6.07, 6.45) is 3.66. The highest BCUT2D eigenvalue weighted by Gasteiger charge is 2.30. The second-order valence-electron chi connectivity index (χ2n) is 6.12. The highest BCUT2D eigenvalue weighted by atomic mass is 32.2. The molecule has 1 N–H and O–H groups in total. The first-order valence-corrected chi connectivity index (χ1v) is 9.36. The Balaban J connectivity index is 1.76. The first-order valence-electron chi connectivity index (χ1n) is 7.92. The van der Waals surface area contributed by atoms with Crippen molar-refractivity contribution >= 4 is 15.8 Å². The highest BCUT2D eigenvalue weighted by molar-refractivity contribution is 7.89. The van der Waals surface area contributed by atoms with Crippen LogP contribution in [0.4, 0.5) is 5.82 Å². The van der Waals surface area contributed by atoms with E-state index in [1.807, 2.05) is 6.07 Å². The van der Waals surface area contributed by atoms with Crippen LogP contribution in [0.2, 0.25) is 0 Å². The molecule has 0 aliphatic carbocycles. The van der Waals surface area contributed by atoms with E-state index in [1.54, 1.807) is 16.6 Å². The number of piperidine rings is 1. The fraction of sp³-hybridized carbons (Fsp3) is 0.667. The van der Waals surface area contributed by atoms with Crippen LogP contribution in [0, 0.1) is 5.92 Å². The molecular formula is C15H24N3O3S+. The van der Waals surface area contributed by atoms with Crippen LogP contribution in [0.5, 0.6) is 0 Å². The van der Waals surface area contributed by atoms with Crippen molar-refractivity contribution in [2.75, 3.05) is 44.3 Å². The number of hydrogen-bond acceptors (Lipinski definition) is 4. The molecule has 0 bridgehead atoms. The molecule has 2 saturated heterocycles. The third kappa shape index (κ3) is 3.26. The lowest BCUT2D eigenvalue weighted by Gasteiger charge is -2.29. The number of rotatable bonds is 3. The average molecular weight is 326 g/mol. The Labute approximate surface area is 132 Å². The molecule has 3 heterocycles. The van der Waals surface area contributed by atoms with Crippen molar-refractivity contribution in [1.82, 2.24) is 4.31 Å². The lowest BCUT2D eigenvalue weighted by molar-refractivity contribution is -0.367. The topological polar surface area (TPSA) is 64.0 Å². The van der Waals surface area contributed by atoms with Crippen LogP contribution in [0.15, 0.2) is 23.2 Å². The fourth-order valence-corrected chi connectivity index (χ4v) is 4.64. The monoisotopic (exact) mass is 326 g/mol. The van der Waals surface area contributed by atoms with Crippen molar-refractivity contribution in [2.45, 2.75) is 24.7 Å². The van der Waals surface area contributed by atoms with Gasteiger partial charge in [-0.25, -0.2) is 13.4 Å². The van der Waals surface area contributed by atoms with Gasteiger partial charge < -0.3 is 4.74 Å². The number of aromatic amines is 1. The number of hydrogen-bond donors (Lipinski definition) is 0. The number of ether oxygens (including phenoxy) is 1. The van der Waals surface area contributed by atoms with Crippen LogP contribution in [0.25, 0.3) is 0 Å². The van der Waals surface area contributed by atoms with E-state index < -0.39 is 10.0 Å². The van der Waals surface area contributed by atoms with E-state index in [0.29, 0.717) is 37.1 Å². The molecule has 0 spiro atoms. The Bertz CT molecular complexity index is 597.